The summed E-state index contributed by atoms with van der Waals surface area (Å²) < 4.78 is 32.5. The number of benzene rings is 1. The number of amides is 1. The molecule has 2 rings (SSSR count). The lowest BCUT2D eigenvalue weighted by molar-refractivity contribution is -0.144. The van der Waals surface area contributed by atoms with Crippen molar-refractivity contribution in [3.05, 3.63) is 65.5 Å². The smallest absolute Gasteiger partial charge is 0.252 e. The third-order valence-corrected chi connectivity index (χ3v) is 3.96. The zero-order valence-corrected chi connectivity index (χ0v) is 14.6. The number of carbonyl (C=O) groups excluding carboxylic acids is 1. The average molecular weight is 348 g/mol. The molecule has 0 fully saturated rings. The van der Waals surface area contributed by atoms with E-state index in [1.165, 1.54) is 6.07 Å². The Morgan fingerprint density at radius 3 is 2.52 bits per heavy atom. The predicted octanol–water partition coefficient (Wildman–Crippen LogP) is 3.72. The van der Waals surface area contributed by atoms with Crippen LogP contribution in [0.5, 0.6) is 0 Å². The number of rotatable bonds is 7. The number of halogens is 2. The summed E-state index contributed by atoms with van der Waals surface area (Å²) in [7, 11) is 0. The second kappa shape index (κ2) is 8.67. The van der Waals surface area contributed by atoms with E-state index in [4.69, 9.17) is 4.74 Å². The normalized spacial score (nSPS) is 13.3. The van der Waals surface area contributed by atoms with E-state index < -0.39 is 23.8 Å². The molecule has 1 heterocycles. The van der Waals surface area contributed by atoms with Gasteiger partial charge in [-0.2, -0.15) is 0 Å². The van der Waals surface area contributed by atoms with Crippen molar-refractivity contribution in [1.29, 1.82) is 0 Å². The van der Waals surface area contributed by atoms with Gasteiger partial charge in [-0.25, -0.2) is 8.78 Å². The van der Waals surface area contributed by atoms with Crippen molar-refractivity contribution >= 4 is 5.91 Å². The molecule has 0 aliphatic carbocycles. The van der Waals surface area contributed by atoms with Crippen molar-refractivity contribution in [2.75, 3.05) is 13.2 Å². The number of aromatic nitrogens is 1. The zero-order chi connectivity index (χ0) is 18.4. The molecule has 0 saturated heterocycles. The number of hydrogen-bond acceptors (Lipinski definition) is 3. The van der Waals surface area contributed by atoms with Crippen molar-refractivity contribution in [2.45, 2.75) is 32.9 Å². The molecule has 0 radical (unpaired) electrons. The van der Waals surface area contributed by atoms with Gasteiger partial charge in [0.25, 0.3) is 5.91 Å². The van der Waals surface area contributed by atoms with Crippen LogP contribution in [-0.2, 0) is 9.53 Å². The molecule has 0 spiro atoms. The summed E-state index contributed by atoms with van der Waals surface area (Å²) >= 11 is 0. The SMILES string of the molecule is CCO[C@H](C)C(=O)N(CC)[C@@H](c1cccnc1)c1ccc(F)c(F)c1. The first-order valence-electron chi connectivity index (χ1n) is 8.26. The quantitative estimate of drug-likeness (QED) is 0.766. The number of nitrogens with zero attached hydrogens (tertiary/aromatic N) is 2. The molecule has 25 heavy (non-hydrogen) atoms. The van der Waals surface area contributed by atoms with Gasteiger partial charge in [0.1, 0.15) is 6.10 Å². The lowest BCUT2D eigenvalue weighted by atomic mass is 9.97. The van der Waals surface area contributed by atoms with Crippen molar-refractivity contribution in [2.24, 2.45) is 0 Å². The van der Waals surface area contributed by atoms with E-state index >= 15 is 0 Å². The molecular formula is C19H22F2N2O2. The van der Waals surface area contributed by atoms with Gasteiger partial charge in [-0.15, -0.1) is 0 Å². The Morgan fingerprint density at radius 2 is 1.96 bits per heavy atom. The highest BCUT2D eigenvalue weighted by molar-refractivity contribution is 5.81. The Labute approximate surface area is 146 Å². The topological polar surface area (TPSA) is 42.4 Å². The Balaban J connectivity index is 2.49. The first kappa shape index (κ1) is 19.0. The molecule has 2 atom stereocenters. The van der Waals surface area contributed by atoms with Gasteiger partial charge in [-0.1, -0.05) is 12.1 Å². The molecule has 1 amide bonds. The van der Waals surface area contributed by atoms with Gasteiger partial charge in [0.05, 0.1) is 6.04 Å². The van der Waals surface area contributed by atoms with Crippen molar-refractivity contribution < 1.29 is 18.3 Å². The van der Waals surface area contributed by atoms with Crippen LogP contribution in [0.3, 0.4) is 0 Å². The summed E-state index contributed by atoms with van der Waals surface area (Å²) in [5, 5.41) is 0. The van der Waals surface area contributed by atoms with E-state index in [0.29, 0.717) is 24.3 Å². The highest BCUT2D eigenvalue weighted by Gasteiger charge is 2.29. The standard InChI is InChI=1S/C19H22F2N2O2/c1-4-23(19(24)13(3)25-5-2)18(15-7-6-10-22-12-15)14-8-9-16(20)17(21)11-14/h6-13,18H,4-5H2,1-3H3/t13-,18-/m1/s1. The lowest BCUT2D eigenvalue weighted by Crippen LogP contribution is -2.42. The molecule has 1 aromatic heterocycles. The van der Waals surface area contributed by atoms with Gasteiger partial charge in [0, 0.05) is 25.5 Å². The molecule has 1 aromatic carbocycles. The van der Waals surface area contributed by atoms with Crippen LogP contribution < -0.4 is 0 Å². The Morgan fingerprint density at radius 1 is 1.20 bits per heavy atom. The predicted molar refractivity (Wildman–Crippen MR) is 90.9 cm³/mol. The number of carbonyl (C=O) groups is 1. The molecule has 0 aliphatic rings. The fourth-order valence-corrected chi connectivity index (χ4v) is 2.79. The van der Waals surface area contributed by atoms with Crippen molar-refractivity contribution in [3.63, 3.8) is 0 Å². The second-order valence-electron chi connectivity index (χ2n) is 5.58. The second-order valence-corrected chi connectivity index (χ2v) is 5.58. The van der Waals surface area contributed by atoms with E-state index in [-0.39, 0.29) is 5.91 Å². The summed E-state index contributed by atoms with van der Waals surface area (Å²) in [6.45, 7) is 6.12. The van der Waals surface area contributed by atoms with Gasteiger partial charge in [-0.3, -0.25) is 9.78 Å². The van der Waals surface area contributed by atoms with Crippen LogP contribution >= 0.6 is 0 Å². The third-order valence-electron chi connectivity index (χ3n) is 3.96. The highest BCUT2D eigenvalue weighted by Crippen LogP contribution is 2.30. The van der Waals surface area contributed by atoms with Gasteiger partial charge in [-0.05, 0) is 50.1 Å². The summed E-state index contributed by atoms with van der Waals surface area (Å²) in [6, 6.07) is 6.64. The number of ether oxygens (including phenoxy) is 1. The van der Waals surface area contributed by atoms with Crippen LogP contribution in [-0.4, -0.2) is 35.0 Å². The maximum absolute atomic E-state index is 13.8. The van der Waals surface area contributed by atoms with E-state index in [0.717, 1.165) is 12.1 Å². The molecule has 6 heteroatoms. The third kappa shape index (κ3) is 4.39. The van der Waals surface area contributed by atoms with E-state index in [2.05, 4.69) is 4.98 Å². The van der Waals surface area contributed by atoms with Crippen LogP contribution in [0, 0.1) is 11.6 Å². The first-order chi connectivity index (χ1) is 12.0. The zero-order valence-electron chi connectivity index (χ0n) is 14.6. The van der Waals surface area contributed by atoms with Crippen LogP contribution in [0.25, 0.3) is 0 Å². The highest BCUT2D eigenvalue weighted by atomic mass is 19.2. The molecule has 134 valence electrons. The fraction of sp³-hybridized carbons (Fsp3) is 0.368. The molecular weight excluding hydrogens is 326 g/mol. The fourth-order valence-electron chi connectivity index (χ4n) is 2.79. The minimum absolute atomic E-state index is 0.220. The summed E-state index contributed by atoms with van der Waals surface area (Å²) in [5.41, 5.74) is 1.19. The first-order valence-corrected chi connectivity index (χ1v) is 8.26. The average Bonchev–Trinajstić information content (AvgIpc) is 2.62. The molecule has 0 aliphatic heterocycles. The molecule has 0 saturated carbocycles. The van der Waals surface area contributed by atoms with Crippen molar-refractivity contribution in [1.82, 2.24) is 9.88 Å². The monoisotopic (exact) mass is 348 g/mol. The Hall–Kier alpha value is -2.34. The summed E-state index contributed by atoms with van der Waals surface area (Å²) in [4.78, 5) is 18.5. The minimum atomic E-state index is -0.951. The molecule has 0 unspecified atom stereocenters. The molecule has 2 aromatic rings. The van der Waals surface area contributed by atoms with Crippen LogP contribution in [0.1, 0.15) is 37.9 Å². The Bertz CT molecular complexity index is 710. The number of pyridine rings is 1. The molecule has 4 nitrogen and oxygen atoms in total. The van der Waals surface area contributed by atoms with Gasteiger partial charge < -0.3 is 9.64 Å². The maximum Gasteiger partial charge on any atom is 0.252 e. The summed E-state index contributed by atoms with van der Waals surface area (Å²) in [6.07, 6.45) is 2.61. The van der Waals surface area contributed by atoms with E-state index in [9.17, 15) is 13.6 Å². The lowest BCUT2D eigenvalue weighted by Gasteiger charge is -2.33. The van der Waals surface area contributed by atoms with Crippen LogP contribution in [0.15, 0.2) is 42.7 Å². The largest absolute Gasteiger partial charge is 0.369 e. The van der Waals surface area contributed by atoms with Crippen LogP contribution in [0.4, 0.5) is 8.78 Å². The Kier molecular flexibility index (Phi) is 6.58. The minimum Gasteiger partial charge on any atom is -0.369 e. The van der Waals surface area contributed by atoms with Crippen LogP contribution in [0.2, 0.25) is 0 Å². The van der Waals surface area contributed by atoms with E-state index in [1.54, 1.807) is 36.4 Å². The van der Waals surface area contributed by atoms with Gasteiger partial charge in [0.15, 0.2) is 11.6 Å². The molecule has 0 N–H and O–H groups in total. The van der Waals surface area contributed by atoms with Gasteiger partial charge >= 0.3 is 0 Å². The van der Waals surface area contributed by atoms with E-state index in [1.807, 2.05) is 13.8 Å². The molecule has 0 bridgehead atoms. The number of hydrogen-bond donors (Lipinski definition) is 0. The number of likely N-dealkylation sites (N-methyl/N-ethyl adjacent to an activating group) is 1. The maximum atomic E-state index is 13.8. The summed E-state index contributed by atoms with van der Waals surface area (Å²) in [5.74, 6) is -2.10. The van der Waals surface area contributed by atoms with Crippen molar-refractivity contribution in [3.8, 4) is 0 Å². The van der Waals surface area contributed by atoms with Gasteiger partial charge in [0.2, 0.25) is 0 Å².